The van der Waals surface area contributed by atoms with Crippen LogP contribution in [-0.4, -0.2) is 54.4 Å². The van der Waals surface area contributed by atoms with E-state index < -0.39 is 6.10 Å². The van der Waals surface area contributed by atoms with Crippen molar-refractivity contribution in [3.8, 4) is 0 Å². The van der Waals surface area contributed by atoms with Crippen LogP contribution in [0.3, 0.4) is 0 Å². The van der Waals surface area contributed by atoms with Crippen molar-refractivity contribution in [1.29, 1.82) is 0 Å². The molecule has 0 saturated carbocycles. The largest absolute Gasteiger partial charge is 0.391 e. The molecule has 1 saturated heterocycles. The average Bonchev–Trinajstić information content (AvgIpc) is 2.55. The minimum Gasteiger partial charge on any atom is -0.391 e. The van der Waals surface area contributed by atoms with Gasteiger partial charge in [0.05, 0.1) is 18.3 Å². The molecule has 0 bridgehead atoms. The molecule has 1 amide bonds. The van der Waals surface area contributed by atoms with Gasteiger partial charge in [0.15, 0.2) is 0 Å². The topological polar surface area (TPSA) is 61.8 Å². The van der Waals surface area contributed by atoms with Crippen LogP contribution in [0.2, 0.25) is 0 Å². The molecule has 2 N–H and O–H groups in total. The summed E-state index contributed by atoms with van der Waals surface area (Å²) in [6.45, 7) is 6.15. The van der Waals surface area contributed by atoms with E-state index in [9.17, 15) is 9.90 Å². The molecule has 5 nitrogen and oxygen atoms in total. The molecule has 0 radical (unpaired) electrons. The molecule has 1 heterocycles. The van der Waals surface area contributed by atoms with E-state index in [-0.39, 0.29) is 12.0 Å². The summed E-state index contributed by atoms with van der Waals surface area (Å²) in [5.74, 6) is -0.00597. The molecule has 1 fully saturated rings. The van der Waals surface area contributed by atoms with Gasteiger partial charge in [0.2, 0.25) is 0 Å². The van der Waals surface area contributed by atoms with E-state index in [0.29, 0.717) is 25.3 Å². The van der Waals surface area contributed by atoms with Crippen molar-refractivity contribution in [1.82, 2.24) is 4.90 Å². The van der Waals surface area contributed by atoms with E-state index in [1.54, 1.807) is 11.8 Å². The molecule has 0 aliphatic carbocycles. The maximum Gasteiger partial charge on any atom is 0.256 e. The fourth-order valence-electron chi connectivity index (χ4n) is 2.55. The van der Waals surface area contributed by atoms with Gasteiger partial charge >= 0.3 is 0 Å². The number of nitrogens with one attached hydrogen (secondary N) is 1. The van der Waals surface area contributed by atoms with E-state index in [2.05, 4.69) is 12.2 Å². The van der Waals surface area contributed by atoms with Crippen molar-refractivity contribution in [3.63, 3.8) is 0 Å². The highest BCUT2D eigenvalue weighted by molar-refractivity contribution is 5.99. The summed E-state index contributed by atoms with van der Waals surface area (Å²) < 4.78 is 5.51. The van der Waals surface area contributed by atoms with Crippen LogP contribution in [0.15, 0.2) is 24.3 Å². The first-order valence-electron chi connectivity index (χ1n) is 8.05. The fraction of sp³-hybridized carbons (Fsp3) is 0.588. The Balaban J connectivity index is 2.08. The Morgan fingerprint density at radius 2 is 2.27 bits per heavy atom. The maximum absolute atomic E-state index is 12.8. The molecule has 0 unspecified atom stereocenters. The van der Waals surface area contributed by atoms with Crippen molar-refractivity contribution in [2.45, 2.75) is 38.9 Å². The maximum atomic E-state index is 12.8. The fourth-order valence-corrected chi connectivity index (χ4v) is 2.55. The number of hydrogen-bond donors (Lipinski definition) is 2. The number of morpholine rings is 1. The summed E-state index contributed by atoms with van der Waals surface area (Å²) in [4.78, 5) is 14.5. The summed E-state index contributed by atoms with van der Waals surface area (Å²) in [6.07, 6.45) is 1.30. The van der Waals surface area contributed by atoms with E-state index in [1.165, 1.54) is 0 Å². The lowest BCUT2D eigenvalue weighted by Gasteiger charge is -2.34. The van der Waals surface area contributed by atoms with Gasteiger partial charge < -0.3 is 20.1 Å². The molecule has 2 rings (SSSR count). The van der Waals surface area contributed by atoms with E-state index in [4.69, 9.17) is 4.74 Å². The van der Waals surface area contributed by atoms with Crippen LogP contribution in [0.25, 0.3) is 0 Å². The lowest BCUT2D eigenvalue weighted by Crippen LogP contribution is -2.49. The molecule has 1 aliphatic heterocycles. The van der Waals surface area contributed by atoms with Crippen molar-refractivity contribution < 1.29 is 14.6 Å². The average molecular weight is 306 g/mol. The molecule has 122 valence electrons. The number of rotatable bonds is 6. The van der Waals surface area contributed by atoms with Crippen molar-refractivity contribution in [2.75, 3.05) is 31.6 Å². The summed E-state index contributed by atoms with van der Waals surface area (Å²) in [5.41, 5.74) is 1.56. The minimum absolute atomic E-state index is 0.00597. The number of anilines is 1. The molecule has 1 aromatic carbocycles. The van der Waals surface area contributed by atoms with Gasteiger partial charge in [0.1, 0.15) is 6.10 Å². The van der Waals surface area contributed by atoms with Gasteiger partial charge in [-0.2, -0.15) is 0 Å². The van der Waals surface area contributed by atoms with Gasteiger partial charge in [-0.3, -0.25) is 4.79 Å². The number of aliphatic hydroxyl groups excluding tert-OH is 1. The van der Waals surface area contributed by atoms with Crippen LogP contribution in [0.1, 0.15) is 37.0 Å². The lowest BCUT2D eigenvalue weighted by atomic mass is 10.1. The number of unbranched alkanes of at least 4 members (excludes halogenated alkanes) is 1. The van der Waals surface area contributed by atoms with Crippen LogP contribution in [0.5, 0.6) is 0 Å². The first-order valence-corrected chi connectivity index (χ1v) is 8.05. The normalized spacial score (nSPS) is 19.8. The van der Waals surface area contributed by atoms with Crippen molar-refractivity contribution >= 4 is 11.6 Å². The Hall–Kier alpha value is -1.59. The van der Waals surface area contributed by atoms with Crippen LogP contribution < -0.4 is 5.32 Å². The third-order valence-corrected chi connectivity index (χ3v) is 3.92. The molecule has 1 aromatic rings. The van der Waals surface area contributed by atoms with E-state index in [0.717, 1.165) is 25.1 Å². The van der Waals surface area contributed by atoms with Crippen LogP contribution in [-0.2, 0) is 4.74 Å². The molecule has 0 spiro atoms. The third kappa shape index (κ3) is 4.21. The van der Waals surface area contributed by atoms with Gasteiger partial charge in [-0.1, -0.05) is 25.5 Å². The summed E-state index contributed by atoms with van der Waals surface area (Å²) in [7, 11) is 0. The van der Waals surface area contributed by atoms with E-state index in [1.807, 2.05) is 24.3 Å². The Morgan fingerprint density at radius 3 is 3.00 bits per heavy atom. The van der Waals surface area contributed by atoms with Gasteiger partial charge in [-0.15, -0.1) is 0 Å². The highest BCUT2D eigenvalue weighted by Gasteiger charge is 2.28. The monoisotopic (exact) mass is 306 g/mol. The van der Waals surface area contributed by atoms with Gasteiger partial charge in [-0.25, -0.2) is 0 Å². The first-order chi connectivity index (χ1) is 10.6. The number of amides is 1. The highest BCUT2D eigenvalue weighted by atomic mass is 16.5. The molecule has 5 heteroatoms. The SMILES string of the molecule is CCCCNc1ccccc1C(=O)N1CCO[C@H]([C@@H](C)O)C1. The molecular formula is C17H26N2O3. The van der Waals surface area contributed by atoms with Crippen LogP contribution >= 0.6 is 0 Å². The second-order valence-corrected chi connectivity index (χ2v) is 5.73. The summed E-state index contributed by atoms with van der Waals surface area (Å²) in [6, 6.07) is 7.60. The smallest absolute Gasteiger partial charge is 0.256 e. The number of aliphatic hydroxyl groups is 1. The Labute approximate surface area is 132 Å². The number of para-hydroxylation sites is 1. The Kier molecular flexibility index (Phi) is 6.21. The lowest BCUT2D eigenvalue weighted by molar-refractivity contribution is -0.0745. The number of ether oxygens (including phenoxy) is 1. The standard InChI is InChI=1S/C17H26N2O3/c1-3-4-9-18-15-8-6-5-7-14(15)17(21)19-10-11-22-16(12-19)13(2)20/h5-8,13,16,18,20H,3-4,9-12H2,1-2H3/t13-,16+/m1/s1. The number of carbonyl (C=O) groups excluding carboxylic acids is 1. The summed E-state index contributed by atoms with van der Waals surface area (Å²) >= 11 is 0. The zero-order chi connectivity index (χ0) is 15.9. The number of hydrogen-bond acceptors (Lipinski definition) is 4. The minimum atomic E-state index is -0.575. The molecule has 2 atom stereocenters. The Morgan fingerprint density at radius 1 is 1.50 bits per heavy atom. The second-order valence-electron chi connectivity index (χ2n) is 5.73. The number of carbonyl (C=O) groups is 1. The molecule has 22 heavy (non-hydrogen) atoms. The zero-order valence-electron chi connectivity index (χ0n) is 13.4. The molecular weight excluding hydrogens is 280 g/mol. The quantitative estimate of drug-likeness (QED) is 0.790. The summed E-state index contributed by atoms with van der Waals surface area (Å²) in [5, 5.41) is 13.0. The van der Waals surface area contributed by atoms with Gasteiger partial charge in [0.25, 0.3) is 5.91 Å². The predicted octanol–water partition coefficient (Wildman–Crippen LogP) is 2.12. The van der Waals surface area contributed by atoms with Gasteiger partial charge in [0, 0.05) is 25.3 Å². The van der Waals surface area contributed by atoms with Gasteiger partial charge in [-0.05, 0) is 25.5 Å². The first kappa shape index (κ1) is 16.8. The van der Waals surface area contributed by atoms with E-state index >= 15 is 0 Å². The van der Waals surface area contributed by atoms with Crippen molar-refractivity contribution in [2.24, 2.45) is 0 Å². The second kappa shape index (κ2) is 8.15. The van der Waals surface area contributed by atoms with Crippen LogP contribution in [0, 0.1) is 0 Å². The number of nitrogens with zero attached hydrogens (tertiary/aromatic N) is 1. The van der Waals surface area contributed by atoms with Crippen LogP contribution in [0.4, 0.5) is 5.69 Å². The Bertz CT molecular complexity index is 491. The molecule has 1 aliphatic rings. The zero-order valence-corrected chi connectivity index (χ0v) is 13.4. The molecule has 0 aromatic heterocycles. The predicted molar refractivity (Wildman–Crippen MR) is 87.2 cm³/mol. The highest BCUT2D eigenvalue weighted by Crippen LogP contribution is 2.19. The third-order valence-electron chi connectivity index (χ3n) is 3.92. The number of benzene rings is 1. The van der Waals surface area contributed by atoms with Crippen molar-refractivity contribution in [3.05, 3.63) is 29.8 Å².